The molecule has 1 amide bonds. The zero-order valence-electron chi connectivity index (χ0n) is 16.6. The van der Waals surface area contributed by atoms with Crippen LogP contribution in [0.3, 0.4) is 0 Å². The summed E-state index contributed by atoms with van der Waals surface area (Å²) in [4.78, 5) is 19.8. The van der Waals surface area contributed by atoms with Crippen LogP contribution in [-0.2, 0) is 17.8 Å². The monoisotopic (exact) mass is 456 g/mol. The molecular weight excluding hydrogens is 430 g/mol. The Morgan fingerprint density at radius 1 is 1.30 bits per heavy atom. The van der Waals surface area contributed by atoms with Gasteiger partial charge in [0.1, 0.15) is 18.2 Å². The number of benzene rings is 1. The third-order valence-corrected chi connectivity index (χ3v) is 5.16. The first-order valence-electron chi connectivity index (χ1n) is 9.82. The molecule has 1 aromatic carbocycles. The number of amides is 1. The number of hydrogen-bond acceptors (Lipinski definition) is 4. The molecule has 3 aromatic rings. The standard InChI is InChI=1S/C20H25FN6O.2ClH/c21-15-5-6-16-17(11-15)26-19(25-16)4-2-9-23-20(28)13-27-18(7-10-24-27)14-3-1-8-22-12-14;;/h5-7,10-11,14,22H,1-4,8-9,12-13H2,(H,23,28)(H,25,26);2*1H. The SMILES string of the molecule is Cl.Cl.O=C(Cn1nccc1C1CCCNC1)NCCCc1nc2ccc(F)cc2[nH]1. The molecule has 1 saturated heterocycles. The van der Waals surface area contributed by atoms with E-state index in [1.807, 2.05) is 6.07 Å². The Labute approximate surface area is 187 Å². The number of carbonyl (C=O) groups excluding carboxylic acids is 1. The smallest absolute Gasteiger partial charge is 0.241 e. The molecule has 3 heterocycles. The van der Waals surface area contributed by atoms with Gasteiger partial charge in [-0.3, -0.25) is 9.48 Å². The molecule has 4 rings (SSSR count). The largest absolute Gasteiger partial charge is 0.354 e. The van der Waals surface area contributed by atoms with E-state index in [2.05, 4.69) is 25.7 Å². The van der Waals surface area contributed by atoms with Crippen LogP contribution >= 0.6 is 24.8 Å². The van der Waals surface area contributed by atoms with Crippen LogP contribution in [0, 0.1) is 5.82 Å². The quantitative estimate of drug-likeness (QED) is 0.476. The third-order valence-electron chi connectivity index (χ3n) is 5.16. The molecule has 1 unspecified atom stereocenters. The summed E-state index contributed by atoms with van der Waals surface area (Å²) in [5.41, 5.74) is 2.57. The maximum atomic E-state index is 13.2. The van der Waals surface area contributed by atoms with Crippen LogP contribution < -0.4 is 10.6 Å². The van der Waals surface area contributed by atoms with Crippen molar-refractivity contribution in [1.29, 1.82) is 0 Å². The van der Waals surface area contributed by atoms with Gasteiger partial charge in [-0.2, -0.15) is 5.10 Å². The number of rotatable bonds is 7. The van der Waals surface area contributed by atoms with E-state index in [0.717, 1.165) is 49.4 Å². The van der Waals surface area contributed by atoms with E-state index in [1.165, 1.54) is 12.1 Å². The number of carbonyl (C=O) groups is 1. The highest BCUT2D eigenvalue weighted by atomic mass is 35.5. The van der Waals surface area contributed by atoms with Gasteiger partial charge >= 0.3 is 0 Å². The molecular formula is C20H27Cl2FN6O. The van der Waals surface area contributed by atoms with Crippen LogP contribution in [-0.4, -0.2) is 45.3 Å². The predicted octanol–water partition coefficient (Wildman–Crippen LogP) is 2.96. The van der Waals surface area contributed by atoms with Crippen LogP contribution in [0.1, 0.15) is 36.7 Å². The number of aromatic amines is 1. The minimum atomic E-state index is -0.281. The number of piperidine rings is 1. The molecule has 0 spiro atoms. The maximum Gasteiger partial charge on any atom is 0.241 e. The Balaban J connectivity index is 0.00000160. The Kier molecular flexibility index (Phi) is 9.08. The molecule has 10 heteroatoms. The highest BCUT2D eigenvalue weighted by Gasteiger charge is 2.19. The summed E-state index contributed by atoms with van der Waals surface area (Å²) in [5, 5.41) is 10.7. The van der Waals surface area contributed by atoms with Crippen molar-refractivity contribution in [1.82, 2.24) is 30.4 Å². The van der Waals surface area contributed by atoms with Crippen molar-refractivity contribution in [3.05, 3.63) is 47.8 Å². The van der Waals surface area contributed by atoms with Crippen molar-refractivity contribution in [2.24, 2.45) is 0 Å². The van der Waals surface area contributed by atoms with Gasteiger partial charge < -0.3 is 15.6 Å². The second-order valence-corrected chi connectivity index (χ2v) is 7.26. The van der Waals surface area contributed by atoms with Gasteiger partial charge in [-0.1, -0.05) is 0 Å². The average molecular weight is 457 g/mol. The van der Waals surface area contributed by atoms with Gasteiger partial charge in [0, 0.05) is 37.3 Å². The number of aromatic nitrogens is 4. The van der Waals surface area contributed by atoms with Gasteiger partial charge in [0.25, 0.3) is 0 Å². The van der Waals surface area contributed by atoms with Crippen LogP contribution in [0.2, 0.25) is 0 Å². The predicted molar refractivity (Wildman–Crippen MR) is 119 cm³/mol. The first-order chi connectivity index (χ1) is 13.7. The summed E-state index contributed by atoms with van der Waals surface area (Å²) in [5.74, 6) is 0.897. The van der Waals surface area contributed by atoms with Gasteiger partial charge in [-0.25, -0.2) is 9.37 Å². The lowest BCUT2D eigenvalue weighted by atomic mass is 9.96. The first kappa shape index (κ1) is 24.1. The fraction of sp³-hybridized carbons (Fsp3) is 0.450. The number of imidazole rings is 1. The topological polar surface area (TPSA) is 87.6 Å². The van der Waals surface area contributed by atoms with Crippen LogP contribution in [0.25, 0.3) is 11.0 Å². The van der Waals surface area contributed by atoms with Crippen molar-refractivity contribution in [3.63, 3.8) is 0 Å². The van der Waals surface area contributed by atoms with Gasteiger partial charge in [-0.15, -0.1) is 24.8 Å². The van der Waals surface area contributed by atoms with E-state index in [1.54, 1.807) is 16.9 Å². The minimum Gasteiger partial charge on any atom is -0.354 e. The molecule has 7 nitrogen and oxygen atoms in total. The summed E-state index contributed by atoms with van der Waals surface area (Å²) >= 11 is 0. The van der Waals surface area contributed by atoms with E-state index in [4.69, 9.17) is 0 Å². The maximum absolute atomic E-state index is 13.2. The fourth-order valence-corrected chi connectivity index (χ4v) is 3.75. The fourth-order valence-electron chi connectivity index (χ4n) is 3.75. The number of nitrogens with zero attached hydrogens (tertiary/aromatic N) is 3. The number of hydrogen-bond donors (Lipinski definition) is 3. The molecule has 1 fully saturated rings. The number of H-pyrrole nitrogens is 1. The van der Waals surface area contributed by atoms with Crippen molar-refractivity contribution in [2.45, 2.75) is 38.1 Å². The van der Waals surface area contributed by atoms with Crippen molar-refractivity contribution >= 4 is 41.8 Å². The molecule has 2 aromatic heterocycles. The van der Waals surface area contributed by atoms with E-state index in [-0.39, 0.29) is 43.1 Å². The normalized spacial score (nSPS) is 16.0. The molecule has 30 heavy (non-hydrogen) atoms. The Morgan fingerprint density at radius 2 is 2.17 bits per heavy atom. The van der Waals surface area contributed by atoms with E-state index in [9.17, 15) is 9.18 Å². The highest BCUT2D eigenvalue weighted by Crippen LogP contribution is 2.22. The summed E-state index contributed by atoms with van der Waals surface area (Å²) in [6.45, 7) is 2.80. The molecule has 164 valence electrons. The van der Waals surface area contributed by atoms with E-state index >= 15 is 0 Å². The van der Waals surface area contributed by atoms with E-state index < -0.39 is 0 Å². The van der Waals surface area contributed by atoms with Crippen LogP contribution in [0.5, 0.6) is 0 Å². The second kappa shape index (κ2) is 11.3. The van der Waals surface area contributed by atoms with Crippen molar-refractivity contribution in [2.75, 3.05) is 19.6 Å². The Bertz CT molecular complexity index is 954. The average Bonchev–Trinajstić information content (AvgIpc) is 3.32. The lowest BCUT2D eigenvalue weighted by molar-refractivity contribution is -0.121. The van der Waals surface area contributed by atoms with E-state index in [0.29, 0.717) is 24.4 Å². The minimum absolute atomic E-state index is 0. The highest BCUT2D eigenvalue weighted by molar-refractivity contribution is 5.85. The summed E-state index contributed by atoms with van der Waals surface area (Å²) in [7, 11) is 0. The van der Waals surface area contributed by atoms with Gasteiger partial charge in [-0.05, 0) is 50.1 Å². The zero-order valence-corrected chi connectivity index (χ0v) is 18.2. The molecule has 0 saturated carbocycles. The molecule has 0 radical (unpaired) electrons. The Morgan fingerprint density at radius 3 is 2.97 bits per heavy atom. The zero-order chi connectivity index (χ0) is 19.3. The van der Waals surface area contributed by atoms with Crippen molar-refractivity contribution < 1.29 is 9.18 Å². The van der Waals surface area contributed by atoms with Crippen LogP contribution in [0.15, 0.2) is 30.5 Å². The third kappa shape index (κ3) is 5.93. The molecule has 3 N–H and O–H groups in total. The number of nitrogens with one attached hydrogen (secondary N) is 3. The lowest BCUT2D eigenvalue weighted by Crippen LogP contribution is -2.32. The number of aryl methyl sites for hydroxylation is 1. The Hall–Kier alpha value is -2.16. The molecule has 1 aliphatic heterocycles. The molecule has 1 atom stereocenters. The summed E-state index contributed by atoms with van der Waals surface area (Å²) in [6.07, 6.45) is 5.49. The van der Waals surface area contributed by atoms with Crippen LogP contribution in [0.4, 0.5) is 4.39 Å². The van der Waals surface area contributed by atoms with Gasteiger partial charge in [0.15, 0.2) is 0 Å². The summed E-state index contributed by atoms with van der Waals surface area (Å²) < 4.78 is 15.0. The second-order valence-electron chi connectivity index (χ2n) is 7.26. The first-order valence-corrected chi connectivity index (χ1v) is 9.82. The van der Waals surface area contributed by atoms with Gasteiger partial charge in [0.05, 0.1) is 11.0 Å². The number of halogens is 3. The number of fused-ring (bicyclic) bond motifs is 1. The van der Waals surface area contributed by atoms with Gasteiger partial charge in [0.2, 0.25) is 5.91 Å². The summed E-state index contributed by atoms with van der Waals surface area (Å²) in [6, 6.07) is 6.52. The lowest BCUT2D eigenvalue weighted by Gasteiger charge is -2.23. The molecule has 0 bridgehead atoms. The molecule has 0 aliphatic carbocycles. The van der Waals surface area contributed by atoms with Crippen molar-refractivity contribution in [3.8, 4) is 0 Å². The molecule has 1 aliphatic rings.